The smallest absolute Gasteiger partial charge is 0.410 e. The quantitative estimate of drug-likeness (QED) is 0.681. The van der Waals surface area contributed by atoms with Gasteiger partial charge in [0, 0.05) is 26.1 Å². The Hall–Kier alpha value is -1.14. The molecule has 1 amide bonds. The van der Waals surface area contributed by atoms with Gasteiger partial charge in [-0.25, -0.2) is 4.79 Å². The summed E-state index contributed by atoms with van der Waals surface area (Å²) < 4.78 is 16.6. The van der Waals surface area contributed by atoms with Crippen LogP contribution in [0.25, 0.3) is 0 Å². The van der Waals surface area contributed by atoms with Crippen molar-refractivity contribution in [3.05, 3.63) is 0 Å². The Kier molecular flexibility index (Phi) is 4.34. The zero-order chi connectivity index (χ0) is 14.8. The van der Waals surface area contributed by atoms with Gasteiger partial charge >= 0.3 is 6.09 Å². The lowest BCUT2D eigenvalue weighted by molar-refractivity contribution is -0.183. The summed E-state index contributed by atoms with van der Waals surface area (Å²) in [4.78, 5) is 24.9. The van der Waals surface area contributed by atoms with Crippen LogP contribution in [-0.2, 0) is 19.0 Å². The van der Waals surface area contributed by atoms with Crippen molar-refractivity contribution in [1.29, 1.82) is 0 Å². The molecule has 6 heteroatoms. The van der Waals surface area contributed by atoms with Crippen molar-refractivity contribution < 1.29 is 23.8 Å². The predicted octanol–water partition coefficient (Wildman–Crippen LogP) is 1.37. The maximum atomic E-state index is 12.2. The second-order valence-corrected chi connectivity index (χ2v) is 6.45. The molecule has 20 heavy (non-hydrogen) atoms. The second kappa shape index (κ2) is 5.69. The van der Waals surface area contributed by atoms with Gasteiger partial charge in [-0.2, -0.15) is 0 Å². The fourth-order valence-corrected chi connectivity index (χ4v) is 2.58. The molecular weight excluding hydrogens is 262 g/mol. The van der Waals surface area contributed by atoms with Crippen molar-refractivity contribution in [3.8, 4) is 0 Å². The molecule has 1 spiro atoms. The van der Waals surface area contributed by atoms with Crippen LogP contribution >= 0.6 is 0 Å². The van der Waals surface area contributed by atoms with Crippen LogP contribution < -0.4 is 0 Å². The van der Waals surface area contributed by atoms with Gasteiger partial charge in [0.05, 0.1) is 18.7 Å². The maximum absolute atomic E-state index is 12.2. The van der Waals surface area contributed by atoms with E-state index in [-0.39, 0.29) is 6.54 Å². The average Bonchev–Trinajstić information content (AvgIpc) is 2.37. The van der Waals surface area contributed by atoms with Crippen molar-refractivity contribution in [2.24, 2.45) is 0 Å². The number of morpholine rings is 1. The highest BCUT2D eigenvalue weighted by atomic mass is 16.6. The van der Waals surface area contributed by atoms with E-state index in [1.165, 1.54) is 0 Å². The Labute approximate surface area is 119 Å². The summed E-state index contributed by atoms with van der Waals surface area (Å²) in [6.07, 6.45) is 1.16. The van der Waals surface area contributed by atoms with Crippen LogP contribution in [-0.4, -0.2) is 60.9 Å². The Morgan fingerprint density at radius 2 is 2.00 bits per heavy atom. The monoisotopic (exact) mass is 285 g/mol. The summed E-state index contributed by atoms with van der Waals surface area (Å²) in [5, 5.41) is 0. The molecule has 6 nitrogen and oxygen atoms in total. The van der Waals surface area contributed by atoms with Crippen LogP contribution in [0.2, 0.25) is 0 Å². The van der Waals surface area contributed by atoms with Crippen LogP contribution in [0.3, 0.4) is 0 Å². The SMILES string of the molecule is CC(C)(C)OC(=O)N1CC(C=O)OC2(CCOCC2)C1. The van der Waals surface area contributed by atoms with E-state index in [4.69, 9.17) is 14.2 Å². The maximum Gasteiger partial charge on any atom is 0.410 e. The van der Waals surface area contributed by atoms with Gasteiger partial charge in [0.15, 0.2) is 6.29 Å². The summed E-state index contributed by atoms with van der Waals surface area (Å²) >= 11 is 0. The van der Waals surface area contributed by atoms with Crippen LogP contribution in [0.4, 0.5) is 4.79 Å². The van der Waals surface area contributed by atoms with Gasteiger partial charge in [0.1, 0.15) is 11.7 Å². The van der Waals surface area contributed by atoms with Gasteiger partial charge in [0.25, 0.3) is 0 Å². The number of amides is 1. The minimum atomic E-state index is -0.589. The first kappa shape index (κ1) is 15.3. The van der Waals surface area contributed by atoms with E-state index < -0.39 is 23.4 Å². The standard InChI is InChI=1S/C14H23NO5/c1-13(2,3)20-12(17)15-8-11(9-16)19-14(10-15)4-6-18-7-5-14/h9,11H,4-8,10H2,1-3H3. The highest BCUT2D eigenvalue weighted by molar-refractivity contribution is 5.70. The first-order valence-electron chi connectivity index (χ1n) is 7.02. The van der Waals surface area contributed by atoms with Crippen LogP contribution in [0.1, 0.15) is 33.6 Å². The van der Waals surface area contributed by atoms with E-state index >= 15 is 0 Å². The van der Waals surface area contributed by atoms with Gasteiger partial charge < -0.3 is 23.9 Å². The van der Waals surface area contributed by atoms with E-state index in [1.807, 2.05) is 20.8 Å². The number of rotatable bonds is 1. The van der Waals surface area contributed by atoms with Crippen LogP contribution in [0.5, 0.6) is 0 Å². The number of carbonyl (C=O) groups excluding carboxylic acids is 2. The number of hydrogen-bond acceptors (Lipinski definition) is 5. The second-order valence-electron chi connectivity index (χ2n) is 6.45. The third-order valence-electron chi connectivity index (χ3n) is 3.49. The summed E-state index contributed by atoms with van der Waals surface area (Å²) in [6.45, 7) is 7.37. The molecule has 1 atom stereocenters. The zero-order valence-corrected chi connectivity index (χ0v) is 12.4. The minimum absolute atomic E-state index is 0.251. The normalized spacial score (nSPS) is 26.4. The number of ether oxygens (including phenoxy) is 3. The largest absolute Gasteiger partial charge is 0.444 e. The Morgan fingerprint density at radius 1 is 1.35 bits per heavy atom. The van der Waals surface area contributed by atoms with Crippen LogP contribution in [0.15, 0.2) is 0 Å². The number of aldehydes is 1. The summed E-state index contributed by atoms with van der Waals surface area (Å²) in [5.41, 5.74) is -1.02. The molecule has 0 aromatic rings. The zero-order valence-electron chi connectivity index (χ0n) is 12.4. The molecule has 0 N–H and O–H groups in total. The number of hydrogen-bond donors (Lipinski definition) is 0. The molecule has 0 aromatic carbocycles. The molecule has 2 fully saturated rings. The van der Waals surface area contributed by atoms with Crippen LogP contribution in [0, 0.1) is 0 Å². The lowest BCUT2D eigenvalue weighted by Gasteiger charge is -2.46. The Balaban J connectivity index is 2.08. The molecule has 0 aliphatic carbocycles. The van der Waals surface area contributed by atoms with Gasteiger partial charge in [-0.3, -0.25) is 0 Å². The van der Waals surface area contributed by atoms with Gasteiger partial charge in [-0.15, -0.1) is 0 Å². The Bertz CT molecular complexity index is 370. The van der Waals surface area contributed by atoms with Gasteiger partial charge in [-0.1, -0.05) is 0 Å². The van der Waals surface area contributed by atoms with Crippen molar-refractivity contribution in [2.75, 3.05) is 26.3 Å². The first-order valence-corrected chi connectivity index (χ1v) is 7.02. The van der Waals surface area contributed by atoms with Crippen molar-refractivity contribution >= 4 is 12.4 Å². The molecule has 2 saturated heterocycles. The third-order valence-corrected chi connectivity index (χ3v) is 3.49. The van der Waals surface area contributed by atoms with Crippen molar-refractivity contribution in [1.82, 2.24) is 4.90 Å². The molecule has 1 unspecified atom stereocenters. The van der Waals surface area contributed by atoms with E-state index in [9.17, 15) is 9.59 Å². The topological polar surface area (TPSA) is 65.1 Å². The first-order chi connectivity index (χ1) is 9.34. The molecule has 0 radical (unpaired) electrons. The Morgan fingerprint density at radius 3 is 2.55 bits per heavy atom. The molecular formula is C14H23NO5. The molecule has 0 saturated carbocycles. The highest BCUT2D eigenvalue weighted by Crippen LogP contribution is 2.31. The van der Waals surface area contributed by atoms with Gasteiger partial charge in [0.2, 0.25) is 0 Å². The van der Waals surface area contributed by atoms with Crippen molar-refractivity contribution in [3.63, 3.8) is 0 Å². The van der Waals surface area contributed by atoms with E-state index in [0.29, 0.717) is 32.6 Å². The molecule has 114 valence electrons. The number of nitrogens with zero attached hydrogens (tertiary/aromatic N) is 1. The fourth-order valence-electron chi connectivity index (χ4n) is 2.58. The molecule has 0 aromatic heterocycles. The van der Waals surface area contributed by atoms with E-state index in [0.717, 1.165) is 6.29 Å². The molecule has 2 rings (SSSR count). The average molecular weight is 285 g/mol. The molecule has 2 heterocycles. The summed E-state index contributed by atoms with van der Waals surface area (Å²) in [6, 6.07) is 0. The fraction of sp³-hybridized carbons (Fsp3) is 0.857. The highest BCUT2D eigenvalue weighted by Gasteiger charge is 2.44. The minimum Gasteiger partial charge on any atom is -0.444 e. The molecule has 2 aliphatic rings. The van der Waals surface area contributed by atoms with E-state index in [2.05, 4.69) is 0 Å². The third kappa shape index (κ3) is 3.70. The van der Waals surface area contributed by atoms with Gasteiger partial charge in [-0.05, 0) is 20.8 Å². The summed E-state index contributed by atoms with van der Waals surface area (Å²) in [7, 11) is 0. The molecule has 0 bridgehead atoms. The molecule has 2 aliphatic heterocycles. The van der Waals surface area contributed by atoms with E-state index in [1.54, 1.807) is 4.90 Å². The summed E-state index contributed by atoms with van der Waals surface area (Å²) in [5.74, 6) is 0. The number of carbonyl (C=O) groups is 2. The lowest BCUT2D eigenvalue weighted by Crippen LogP contribution is -2.60. The van der Waals surface area contributed by atoms with Crippen molar-refractivity contribution in [2.45, 2.75) is 50.9 Å². The lowest BCUT2D eigenvalue weighted by atomic mass is 9.91. The predicted molar refractivity (Wildman–Crippen MR) is 71.5 cm³/mol.